The fourth-order valence-electron chi connectivity index (χ4n) is 1.50. The Balaban J connectivity index is 2.30. The fraction of sp³-hybridized carbons (Fsp3) is 0. The number of nitrogens with one attached hydrogen (secondary N) is 1. The fourth-order valence-corrected chi connectivity index (χ4v) is 2.77. The monoisotopic (exact) mass is 439 g/mol. The molecule has 0 saturated heterocycles. The van der Waals surface area contributed by atoms with Crippen LogP contribution in [0.15, 0.2) is 39.3 Å². The van der Waals surface area contributed by atoms with Crippen LogP contribution in [0.4, 0.5) is 10.1 Å². The minimum absolute atomic E-state index is 0.152. The van der Waals surface area contributed by atoms with E-state index in [-0.39, 0.29) is 16.0 Å². The van der Waals surface area contributed by atoms with Crippen molar-refractivity contribution in [1.29, 1.82) is 0 Å². The Labute approximate surface area is 141 Å². The summed E-state index contributed by atoms with van der Waals surface area (Å²) < 4.78 is 14.7. The third kappa shape index (κ3) is 3.52. The first-order valence-electron chi connectivity index (χ1n) is 5.29. The molecule has 0 aliphatic carbocycles. The van der Waals surface area contributed by atoms with E-state index in [1.54, 1.807) is 18.2 Å². The van der Waals surface area contributed by atoms with Crippen LogP contribution >= 0.6 is 55.1 Å². The zero-order chi connectivity index (χ0) is 14.9. The topological polar surface area (TPSA) is 29.1 Å². The molecule has 0 spiro atoms. The highest BCUT2D eigenvalue weighted by Gasteiger charge is 2.13. The summed E-state index contributed by atoms with van der Waals surface area (Å²) in [4.78, 5) is 12.2. The summed E-state index contributed by atoms with van der Waals surface area (Å²) in [5, 5.41) is 2.31. The third-order valence-electron chi connectivity index (χ3n) is 2.41. The molecule has 0 atom stereocenters. The van der Waals surface area contributed by atoms with Crippen LogP contribution in [-0.4, -0.2) is 5.91 Å². The smallest absolute Gasteiger partial charge is 0.256 e. The summed E-state index contributed by atoms with van der Waals surface area (Å²) in [6.45, 7) is 0. The number of benzene rings is 2. The van der Waals surface area contributed by atoms with Gasteiger partial charge in [0.05, 0.1) is 15.6 Å². The van der Waals surface area contributed by atoms with Crippen molar-refractivity contribution in [2.45, 2.75) is 0 Å². The van der Waals surface area contributed by atoms with Gasteiger partial charge in [0, 0.05) is 14.6 Å². The average molecular weight is 442 g/mol. The molecule has 2 aromatic rings. The van der Waals surface area contributed by atoms with Crippen molar-refractivity contribution in [2.24, 2.45) is 0 Å². The Bertz CT molecular complexity index is 671. The van der Waals surface area contributed by atoms with E-state index in [2.05, 4.69) is 37.2 Å². The Kier molecular flexibility index (Phi) is 5.07. The summed E-state index contributed by atoms with van der Waals surface area (Å²) >= 11 is 17.9. The van der Waals surface area contributed by atoms with E-state index in [0.717, 1.165) is 4.47 Å². The van der Waals surface area contributed by atoms with Crippen molar-refractivity contribution in [3.63, 3.8) is 0 Å². The molecule has 0 radical (unpaired) electrons. The van der Waals surface area contributed by atoms with Gasteiger partial charge in [-0.2, -0.15) is 0 Å². The van der Waals surface area contributed by atoms with Crippen molar-refractivity contribution in [2.75, 3.05) is 5.32 Å². The number of hydrogen-bond donors (Lipinski definition) is 1. The minimum Gasteiger partial charge on any atom is -0.322 e. The number of rotatable bonds is 2. The molecule has 20 heavy (non-hydrogen) atoms. The lowest BCUT2D eigenvalue weighted by Gasteiger charge is -2.09. The highest BCUT2D eigenvalue weighted by molar-refractivity contribution is 9.11. The Morgan fingerprint density at radius 1 is 1.10 bits per heavy atom. The van der Waals surface area contributed by atoms with Crippen molar-refractivity contribution in [3.8, 4) is 0 Å². The van der Waals surface area contributed by atoms with Gasteiger partial charge in [-0.1, -0.05) is 39.1 Å². The Hall–Kier alpha value is -0.620. The highest BCUT2D eigenvalue weighted by atomic mass is 79.9. The maximum atomic E-state index is 13.3. The molecule has 2 nitrogen and oxygen atoms in total. The second kappa shape index (κ2) is 6.43. The number of anilines is 1. The van der Waals surface area contributed by atoms with E-state index >= 15 is 0 Å². The van der Waals surface area contributed by atoms with Gasteiger partial charge in [0.2, 0.25) is 0 Å². The van der Waals surface area contributed by atoms with Gasteiger partial charge in [-0.05, 0) is 46.3 Å². The van der Waals surface area contributed by atoms with E-state index in [0.29, 0.717) is 15.7 Å². The molecular formula is C13H6Br2Cl2FNO. The molecule has 104 valence electrons. The van der Waals surface area contributed by atoms with Crippen LogP contribution in [0, 0.1) is 5.82 Å². The average Bonchev–Trinajstić information content (AvgIpc) is 2.38. The van der Waals surface area contributed by atoms with Crippen LogP contribution in [-0.2, 0) is 0 Å². The molecule has 0 bridgehead atoms. The van der Waals surface area contributed by atoms with Crippen LogP contribution in [0.2, 0.25) is 10.0 Å². The van der Waals surface area contributed by atoms with Gasteiger partial charge < -0.3 is 5.32 Å². The summed E-state index contributed by atoms with van der Waals surface area (Å²) in [6, 6.07) is 7.79. The van der Waals surface area contributed by atoms with E-state index in [9.17, 15) is 9.18 Å². The number of carbonyl (C=O) groups excluding carboxylic acids is 1. The SMILES string of the molecule is O=C(Nc1cc(Cl)c(F)c(Cl)c1)c1cc(Br)ccc1Br. The van der Waals surface area contributed by atoms with Crippen LogP contribution in [0.5, 0.6) is 0 Å². The first-order chi connectivity index (χ1) is 9.38. The van der Waals surface area contributed by atoms with Crippen molar-refractivity contribution < 1.29 is 9.18 Å². The quantitative estimate of drug-likeness (QED) is 0.577. The molecule has 1 amide bonds. The van der Waals surface area contributed by atoms with Gasteiger partial charge in [-0.15, -0.1) is 0 Å². The first kappa shape index (κ1) is 15.8. The lowest BCUT2D eigenvalue weighted by molar-refractivity contribution is 0.102. The van der Waals surface area contributed by atoms with Crippen LogP contribution < -0.4 is 5.32 Å². The molecule has 0 unspecified atom stereocenters. The Morgan fingerprint density at radius 3 is 2.30 bits per heavy atom. The summed E-state index contributed by atoms with van der Waals surface area (Å²) in [6.07, 6.45) is 0. The van der Waals surface area contributed by atoms with Crippen molar-refractivity contribution in [1.82, 2.24) is 0 Å². The maximum Gasteiger partial charge on any atom is 0.256 e. The van der Waals surface area contributed by atoms with Gasteiger partial charge >= 0.3 is 0 Å². The van der Waals surface area contributed by atoms with Gasteiger partial charge in [-0.25, -0.2) is 4.39 Å². The van der Waals surface area contributed by atoms with Crippen molar-refractivity contribution in [3.05, 3.63) is 60.7 Å². The molecule has 0 heterocycles. The molecule has 0 aliphatic rings. The predicted octanol–water partition coefficient (Wildman–Crippen LogP) is 5.91. The molecule has 0 aliphatic heterocycles. The van der Waals surface area contributed by atoms with E-state index in [1.807, 2.05) is 0 Å². The molecule has 0 saturated carbocycles. The second-order valence-electron chi connectivity index (χ2n) is 3.83. The third-order valence-corrected chi connectivity index (χ3v) is 4.15. The number of halogens is 5. The second-order valence-corrected chi connectivity index (χ2v) is 6.42. The number of amides is 1. The number of hydrogen-bond acceptors (Lipinski definition) is 1. The Morgan fingerprint density at radius 2 is 1.70 bits per heavy atom. The van der Waals surface area contributed by atoms with Crippen LogP contribution in [0.3, 0.4) is 0 Å². The largest absolute Gasteiger partial charge is 0.322 e. The zero-order valence-corrected chi connectivity index (χ0v) is 14.4. The molecular weight excluding hydrogens is 436 g/mol. The summed E-state index contributed by atoms with van der Waals surface area (Å²) in [7, 11) is 0. The molecule has 0 fully saturated rings. The molecule has 0 aromatic heterocycles. The summed E-state index contributed by atoms with van der Waals surface area (Å²) in [5.74, 6) is -1.08. The maximum absolute atomic E-state index is 13.3. The van der Waals surface area contributed by atoms with Gasteiger partial charge in [0.1, 0.15) is 0 Å². The zero-order valence-electron chi connectivity index (χ0n) is 9.68. The van der Waals surface area contributed by atoms with Gasteiger partial charge in [-0.3, -0.25) is 4.79 Å². The van der Waals surface area contributed by atoms with Gasteiger partial charge in [0.15, 0.2) is 5.82 Å². The molecule has 2 rings (SSSR count). The number of carbonyl (C=O) groups is 1. The predicted molar refractivity (Wildman–Crippen MR) is 86.2 cm³/mol. The molecule has 1 N–H and O–H groups in total. The molecule has 7 heteroatoms. The van der Waals surface area contributed by atoms with E-state index < -0.39 is 5.82 Å². The normalized spacial score (nSPS) is 10.4. The first-order valence-corrected chi connectivity index (χ1v) is 7.63. The lowest BCUT2D eigenvalue weighted by atomic mass is 10.2. The van der Waals surface area contributed by atoms with Crippen LogP contribution in [0.25, 0.3) is 0 Å². The highest BCUT2D eigenvalue weighted by Crippen LogP contribution is 2.28. The lowest BCUT2D eigenvalue weighted by Crippen LogP contribution is -2.12. The molecule has 2 aromatic carbocycles. The standard InChI is InChI=1S/C13H6Br2Cl2FNO/c14-6-1-2-9(15)8(3-6)13(20)19-7-4-10(16)12(18)11(17)5-7/h1-5H,(H,19,20). The van der Waals surface area contributed by atoms with Crippen molar-refractivity contribution >= 4 is 66.7 Å². The van der Waals surface area contributed by atoms with Crippen LogP contribution in [0.1, 0.15) is 10.4 Å². The van der Waals surface area contributed by atoms with Gasteiger partial charge in [0.25, 0.3) is 5.91 Å². The minimum atomic E-state index is -0.713. The van der Waals surface area contributed by atoms with E-state index in [1.165, 1.54) is 12.1 Å². The van der Waals surface area contributed by atoms with E-state index in [4.69, 9.17) is 23.2 Å². The summed E-state index contributed by atoms with van der Waals surface area (Å²) in [5.41, 5.74) is 0.745.